The van der Waals surface area contributed by atoms with Crippen molar-refractivity contribution in [2.75, 3.05) is 18.4 Å². The van der Waals surface area contributed by atoms with E-state index in [1.165, 1.54) is 16.4 Å². The van der Waals surface area contributed by atoms with E-state index in [9.17, 15) is 13.2 Å². The second-order valence-electron chi connectivity index (χ2n) is 7.28. The topological polar surface area (TPSA) is 66.5 Å². The van der Waals surface area contributed by atoms with Gasteiger partial charge in [0.1, 0.15) is 0 Å². The molecular formula is C25H22N2O3S. The summed E-state index contributed by atoms with van der Waals surface area (Å²) < 4.78 is 26.7. The van der Waals surface area contributed by atoms with Crippen LogP contribution in [-0.2, 0) is 10.0 Å². The lowest BCUT2D eigenvalue weighted by Gasteiger charge is -2.15. The lowest BCUT2D eigenvalue weighted by molar-refractivity contribution is 0.102. The minimum atomic E-state index is -3.46. The largest absolute Gasteiger partial charge is 0.322 e. The first kappa shape index (κ1) is 20.9. The summed E-state index contributed by atoms with van der Waals surface area (Å²) in [6, 6.07) is 23.0. The van der Waals surface area contributed by atoms with E-state index in [-0.39, 0.29) is 10.8 Å². The Balaban J connectivity index is 1.41. The molecule has 1 aliphatic rings. The van der Waals surface area contributed by atoms with E-state index in [0.29, 0.717) is 24.3 Å². The highest BCUT2D eigenvalue weighted by Crippen LogP contribution is 2.22. The summed E-state index contributed by atoms with van der Waals surface area (Å²) >= 11 is 0. The van der Waals surface area contributed by atoms with Crippen molar-refractivity contribution in [3.8, 4) is 11.8 Å². The van der Waals surface area contributed by atoms with Gasteiger partial charge in [-0.3, -0.25) is 4.79 Å². The van der Waals surface area contributed by atoms with E-state index < -0.39 is 10.0 Å². The first-order valence-corrected chi connectivity index (χ1v) is 11.6. The van der Waals surface area contributed by atoms with Gasteiger partial charge < -0.3 is 5.32 Å². The number of anilines is 1. The van der Waals surface area contributed by atoms with Gasteiger partial charge in [0.25, 0.3) is 5.91 Å². The zero-order chi connectivity index (χ0) is 21.7. The molecule has 0 aromatic heterocycles. The van der Waals surface area contributed by atoms with E-state index in [0.717, 1.165) is 24.0 Å². The molecule has 0 aliphatic carbocycles. The van der Waals surface area contributed by atoms with Crippen molar-refractivity contribution in [1.29, 1.82) is 0 Å². The molecule has 0 radical (unpaired) electrons. The summed E-state index contributed by atoms with van der Waals surface area (Å²) in [7, 11) is -3.46. The Morgan fingerprint density at radius 2 is 1.35 bits per heavy atom. The molecule has 3 aromatic carbocycles. The maximum atomic E-state index is 12.6. The zero-order valence-electron chi connectivity index (χ0n) is 16.9. The van der Waals surface area contributed by atoms with Crippen LogP contribution >= 0.6 is 0 Å². The fourth-order valence-electron chi connectivity index (χ4n) is 3.36. The summed E-state index contributed by atoms with van der Waals surface area (Å²) in [5, 5.41) is 2.80. The Hall–Kier alpha value is -3.40. The quantitative estimate of drug-likeness (QED) is 0.633. The average Bonchev–Trinajstić information content (AvgIpc) is 3.35. The number of amides is 1. The van der Waals surface area contributed by atoms with E-state index in [2.05, 4.69) is 17.2 Å². The van der Waals surface area contributed by atoms with Crippen LogP contribution in [0.1, 0.15) is 34.3 Å². The van der Waals surface area contributed by atoms with E-state index >= 15 is 0 Å². The van der Waals surface area contributed by atoms with E-state index in [4.69, 9.17) is 0 Å². The third kappa shape index (κ3) is 5.02. The van der Waals surface area contributed by atoms with Crippen LogP contribution in [0.25, 0.3) is 0 Å². The van der Waals surface area contributed by atoms with Crippen LogP contribution in [0, 0.1) is 11.8 Å². The Labute approximate surface area is 182 Å². The van der Waals surface area contributed by atoms with Crippen LogP contribution in [0.2, 0.25) is 0 Å². The van der Waals surface area contributed by atoms with Crippen molar-refractivity contribution in [2.45, 2.75) is 17.7 Å². The molecule has 0 saturated carbocycles. The summed E-state index contributed by atoms with van der Waals surface area (Å²) in [6.45, 7) is 1.12. The molecule has 0 spiro atoms. The highest BCUT2D eigenvalue weighted by atomic mass is 32.2. The van der Waals surface area contributed by atoms with Gasteiger partial charge in [-0.25, -0.2) is 8.42 Å². The molecule has 0 bridgehead atoms. The molecule has 5 nitrogen and oxygen atoms in total. The molecule has 31 heavy (non-hydrogen) atoms. The van der Waals surface area contributed by atoms with Gasteiger partial charge >= 0.3 is 0 Å². The Bertz CT molecular complexity index is 1220. The van der Waals surface area contributed by atoms with Gasteiger partial charge in [-0.15, -0.1) is 0 Å². The van der Waals surface area contributed by atoms with Crippen LogP contribution < -0.4 is 5.32 Å². The Morgan fingerprint density at radius 1 is 0.774 bits per heavy atom. The van der Waals surface area contributed by atoms with Crippen molar-refractivity contribution < 1.29 is 13.2 Å². The Morgan fingerprint density at radius 3 is 1.97 bits per heavy atom. The fraction of sp³-hybridized carbons (Fsp3) is 0.160. The molecule has 1 saturated heterocycles. The van der Waals surface area contributed by atoms with Crippen molar-refractivity contribution >= 4 is 21.6 Å². The number of benzene rings is 3. The smallest absolute Gasteiger partial charge is 0.255 e. The molecule has 4 rings (SSSR count). The standard InChI is InChI=1S/C25H22N2O3S/c28-25(22-12-10-21(11-13-22)9-8-20-6-2-1-3-7-20)26-23-14-16-24(17-15-23)31(29,30)27-18-4-5-19-27/h1-3,6-7,10-17H,4-5,18-19H2,(H,26,28). The van der Waals surface area contributed by atoms with E-state index in [1.54, 1.807) is 36.4 Å². The highest BCUT2D eigenvalue weighted by Gasteiger charge is 2.26. The number of nitrogens with one attached hydrogen (secondary N) is 1. The molecule has 1 fully saturated rings. The normalized spacial score (nSPS) is 13.9. The van der Waals surface area contributed by atoms with Crippen molar-refractivity contribution in [3.63, 3.8) is 0 Å². The maximum Gasteiger partial charge on any atom is 0.255 e. The second kappa shape index (κ2) is 9.17. The lowest BCUT2D eigenvalue weighted by Crippen LogP contribution is -2.27. The van der Waals surface area contributed by atoms with Gasteiger partial charge in [0.15, 0.2) is 0 Å². The molecule has 1 aliphatic heterocycles. The van der Waals surface area contributed by atoms with Gasteiger partial charge in [0, 0.05) is 35.5 Å². The molecule has 1 heterocycles. The second-order valence-corrected chi connectivity index (χ2v) is 9.22. The van der Waals surface area contributed by atoms with Crippen LogP contribution in [0.3, 0.4) is 0 Å². The fourth-order valence-corrected chi connectivity index (χ4v) is 4.88. The van der Waals surface area contributed by atoms with Crippen molar-refractivity contribution in [1.82, 2.24) is 4.31 Å². The lowest BCUT2D eigenvalue weighted by atomic mass is 10.1. The minimum Gasteiger partial charge on any atom is -0.322 e. The van der Waals surface area contributed by atoms with Crippen LogP contribution in [0.15, 0.2) is 83.8 Å². The SMILES string of the molecule is O=C(Nc1ccc(S(=O)(=O)N2CCCC2)cc1)c1ccc(C#Cc2ccccc2)cc1. The third-order valence-corrected chi connectivity index (χ3v) is 7.00. The number of hydrogen-bond donors (Lipinski definition) is 1. The van der Waals surface area contributed by atoms with Crippen molar-refractivity contribution in [2.24, 2.45) is 0 Å². The zero-order valence-corrected chi connectivity index (χ0v) is 17.7. The first-order chi connectivity index (χ1) is 15.0. The van der Waals surface area contributed by atoms with E-state index in [1.807, 2.05) is 30.3 Å². The van der Waals surface area contributed by atoms with Gasteiger partial charge in [0.2, 0.25) is 10.0 Å². The van der Waals surface area contributed by atoms with Gasteiger partial charge in [0.05, 0.1) is 4.90 Å². The summed E-state index contributed by atoms with van der Waals surface area (Å²) in [4.78, 5) is 12.8. The molecule has 3 aromatic rings. The van der Waals surface area contributed by atoms with Gasteiger partial charge in [-0.2, -0.15) is 4.31 Å². The number of nitrogens with zero attached hydrogens (tertiary/aromatic N) is 1. The average molecular weight is 431 g/mol. The van der Waals surface area contributed by atoms with Crippen LogP contribution in [0.5, 0.6) is 0 Å². The number of carbonyl (C=O) groups excluding carboxylic acids is 1. The highest BCUT2D eigenvalue weighted by molar-refractivity contribution is 7.89. The molecule has 0 atom stereocenters. The predicted octanol–water partition coefficient (Wildman–Crippen LogP) is 4.12. The van der Waals surface area contributed by atoms with Gasteiger partial charge in [-0.05, 0) is 73.5 Å². The number of carbonyl (C=O) groups is 1. The first-order valence-electron chi connectivity index (χ1n) is 10.1. The molecule has 1 N–H and O–H groups in total. The summed E-state index contributed by atoms with van der Waals surface area (Å²) in [5.74, 6) is 5.90. The number of hydrogen-bond acceptors (Lipinski definition) is 3. The van der Waals surface area contributed by atoms with Crippen LogP contribution in [0.4, 0.5) is 5.69 Å². The molecule has 156 valence electrons. The minimum absolute atomic E-state index is 0.244. The van der Waals surface area contributed by atoms with Gasteiger partial charge in [-0.1, -0.05) is 30.0 Å². The number of sulfonamides is 1. The molecule has 6 heteroatoms. The third-order valence-electron chi connectivity index (χ3n) is 5.09. The summed E-state index contributed by atoms with van der Waals surface area (Å²) in [5.41, 5.74) is 2.79. The Kier molecular flexibility index (Phi) is 6.17. The molecular weight excluding hydrogens is 408 g/mol. The monoisotopic (exact) mass is 430 g/mol. The molecule has 0 unspecified atom stereocenters. The van der Waals surface area contributed by atoms with Crippen molar-refractivity contribution in [3.05, 3.63) is 95.6 Å². The summed E-state index contributed by atoms with van der Waals surface area (Å²) in [6.07, 6.45) is 1.79. The molecule has 1 amide bonds. The number of rotatable bonds is 4. The predicted molar refractivity (Wildman–Crippen MR) is 121 cm³/mol. The van der Waals surface area contributed by atoms with Crippen LogP contribution in [-0.4, -0.2) is 31.7 Å². The maximum absolute atomic E-state index is 12.6.